The quantitative estimate of drug-likeness (QED) is 0.842. The Bertz CT molecular complexity index is 880. The largest absolute Gasteiger partial charge is 0.406 e. The zero-order valence-corrected chi connectivity index (χ0v) is 15.8. The van der Waals surface area contributed by atoms with Crippen molar-refractivity contribution < 1.29 is 22.8 Å². The number of imidazole rings is 1. The van der Waals surface area contributed by atoms with E-state index in [4.69, 9.17) is 0 Å². The number of anilines is 1. The number of amides is 2. The van der Waals surface area contributed by atoms with Gasteiger partial charge in [0.15, 0.2) is 0 Å². The van der Waals surface area contributed by atoms with Crippen LogP contribution in [0.25, 0.3) is 11.0 Å². The molecule has 0 saturated carbocycles. The Hall–Kier alpha value is -2.78. The second-order valence-electron chi connectivity index (χ2n) is 7.53. The molecular formula is C19H22F3N5O2. The molecule has 0 spiro atoms. The third kappa shape index (κ3) is 4.30. The smallest absolute Gasteiger partial charge is 0.341 e. The lowest BCUT2D eigenvalue weighted by molar-refractivity contribution is -0.157. The number of carbonyl (C=O) groups is 2. The van der Waals surface area contributed by atoms with Crippen LogP contribution in [0.15, 0.2) is 24.3 Å². The summed E-state index contributed by atoms with van der Waals surface area (Å²) in [4.78, 5) is 37.0. The van der Waals surface area contributed by atoms with Crippen LogP contribution in [-0.4, -0.2) is 77.0 Å². The molecule has 1 unspecified atom stereocenters. The van der Waals surface area contributed by atoms with Crippen LogP contribution in [0, 0.1) is 5.92 Å². The van der Waals surface area contributed by atoms with E-state index in [1.807, 2.05) is 24.3 Å². The summed E-state index contributed by atoms with van der Waals surface area (Å²) in [7, 11) is 0. The second-order valence-corrected chi connectivity index (χ2v) is 7.53. The highest BCUT2D eigenvalue weighted by Crippen LogP contribution is 2.26. The number of likely N-dealkylation sites (tertiary alicyclic amines) is 1. The fraction of sp³-hybridized carbons (Fsp3) is 0.526. The lowest BCUT2D eigenvalue weighted by atomic mass is 10.1. The lowest BCUT2D eigenvalue weighted by Crippen LogP contribution is -2.41. The third-order valence-electron chi connectivity index (χ3n) is 5.42. The molecule has 7 nitrogen and oxygen atoms in total. The van der Waals surface area contributed by atoms with Crippen LogP contribution in [0.5, 0.6) is 0 Å². The summed E-state index contributed by atoms with van der Waals surface area (Å²) in [6, 6.07) is 7.72. The van der Waals surface area contributed by atoms with Gasteiger partial charge in [0.1, 0.15) is 6.54 Å². The van der Waals surface area contributed by atoms with E-state index < -0.39 is 24.5 Å². The van der Waals surface area contributed by atoms with Gasteiger partial charge in [-0.1, -0.05) is 12.1 Å². The van der Waals surface area contributed by atoms with E-state index in [1.54, 1.807) is 4.90 Å². The first-order chi connectivity index (χ1) is 13.8. The number of hydrogen-bond acceptors (Lipinski definition) is 4. The molecule has 2 amide bonds. The van der Waals surface area contributed by atoms with E-state index in [9.17, 15) is 22.8 Å². The Morgan fingerprint density at radius 2 is 1.97 bits per heavy atom. The van der Waals surface area contributed by atoms with Crippen LogP contribution >= 0.6 is 0 Å². The van der Waals surface area contributed by atoms with E-state index in [2.05, 4.69) is 14.9 Å². The van der Waals surface area contributed by atoms with Crippen molar-refractivity contribution in [3.8, 4) is 0 Å². The molecule has 1 atom stereocenters. The van der Waals surface area contributed by atoms with Crippen molar-refractivity contribution in [3.05, 3.63) is 24.3 Å². The number of fused-ring (bicyclic) bond motifs is 1. The normalized spacial score (nSPS) is 21.1. The van der Waals surface area contributed by atoms with Crippen LogP contribution in [0.1, 0.15) is 12.8 Å². The number of rotatable bonds is 3. The van der Waals surface area contributed by atoms with Crippen molar-refractivity contribution in [2.45, 2.75) is 19.0 Å². The minimum Gasteiger partial charge on any atom is -0.341 e. The number of hydrogen-bond donors (Lipinski definition) is 1. The molecule has 2 saturated heterocycles. The fourth-order valence-electron chi connectivity index (χ4n) is 4.00. The standard InChI is InChI=1S/C19H22F3N5O2/c20-19(21,22)12-27-11-13(10-16(27)28)17(29)25-6-3-7-26(9-8-25)18-23-14-4-1-2-5-15(14)24-18/h1-2,4-5,13H,3,6-12H2,(H,23,24). The van der Waals surface area contributed by atoms with Crippen molar-refractivity contribution in [3.63, 3.8) is 0 Å². The molecular weight excluding hydrogens is 387 g/mol. The first-order valence-corrected chi connectivity index (χ1v) is 9.63. The van der Waals surface area contributed by atoms with Gasteiger partial charge >= 0.3 is 6.18 Å². The van der Waals surface area contributed by atoms with Gasteiger partial charge < -0.3 is 19.7 Å². The van der Waals surface area contributed by atoms with Gasteiger partial charge in [0.2, 0.25) is 17.8 Å². The van der Waals surface area contributed by atoms with Gasteiger partial charge in [-0.2, -0.15) is 13.2 Å². The van der Waals surface area contributed by atoms with Crippen molar-refractivity contribution in [2.24, 2.45) is 5.92 Å². The summed E-state index contributed by atoms with van der Waals surface area (Å²) in [5, 5.41) is 0. The minimum atomic E-state index is -4.46. The van der Waals surface area contributed by atoms with E-state index in [1.165, 1.54) is 0 Å². The molecule has 1 N–H and O–H groups in total. The first kappa shape index (κ1) is 19.5. The summed E-state index contributed by atoms with van der Waals surface area (Å²) in [6.45, 7) is 0.779. The zero-order valence-electron chi connectivity index (χ0n) is 15.8. The average molecular weight is 409 g/mol. The van der Waals surface area contributed by atoms with Gasteiger partial charge in [-0.15, -0.1) is 0 Å². The molecule has 2 fully saturated rings. The number of aromatic nitrogens is 2. The highest BCUT2D eigenvalue weighted by Gasteiger charge is 2.41. The Morgan fingerprint density at radius 1 is 1.17 bits per heavy atom. The Morgan fingerprint density at radius 3 is 2.72 bits per heavy atom. The van der Waals surface area contributed by atoms with Crippen molar-refractivity contribution in [1.29, 1.82) is 0 Å². The molecule has 156 valence electrons. The fourth-order valence-corrected chi connectivity index (χ4v) is 4.00. The van der Waals surface area contributed by atoms with Crippen LogP contribution in [0.3, 0.4) is 0 Å². The monoisotopic (exact) mass is 409 g/mol. The van der Waals surface area contributed by atoms with Crippen LogP contribution in [0.2, 0.25) is 0 Å². The molecule has 2 aliphatic heterocycles. The van der Waals surface area contributed by atoms with E-state index in [0.29, 0.717) is 26.2 Å². The van der Waals surface area contributed by atoms with E-state index in [0.717, 1.165) is 28.3 Å². The minimum absolute atomic E-state index is 0.154. The molecule has 29 heavy (non-hydrogen) atoms. The molecule has 2 aromatic rings. The number of H-pyrrole nitrogens is 1. The first-order valence-electron chi connectivity index (χ1n) is 9.63. The molecule has 0 aliphatic carbocycles. The summed E-state index contributed by atoms with van der Waals surface area (Å²) in [6.07, 6.45) is -3.89. The van der Waals surface area contributed by atoms with Crippen LogP contribution in [0.4, 0.5) is 19.1 Å². The Balaban J connectivity index is 1.38. The maximum atomic E-state index is 12.8. The van der Waals surface area contributed by atoms with E-state index in [-0.39, 0.29) is 18.9 Å². The maximum absolute atomic E-state index is 12.8. The highest BCUT2D eigenvalue weighted by atomic mass is 19.4. The van der Waals surface area contributed by atoms with Gasteiger partial charge in [-0.3, -0.25) is 9.59 Å². The van der Waals surface area contributed by atoms with Gasteiger partial charge in [-0.25, -0.2) is 4.98 Å². The van der Waals surface area contributed by atoms with Crippen LogP contribution in [-0.2, 0) is 9.59 Å². The van der Waals surface area contributed by atoms with E-state index >= 15 is 0 Å². The zero-order chi connectivity index (χ0) is 20.6. The highest BCUT2D eigenvalue weighted by molar-refractivity contribution is 5.89. The lowest BCUT2D eigenvalue weighted by Gasteiger charge is -2.24. The summed E-state index contributed by atoms with van der Waals surface area (Å²) < 4.78 is 37.8. The Kier molecular flexibility index (Phi) is 5.10. The number of alkyl halides is 3. The SMILES string of the molecule is O=C1CC(C(=O)N2CCCN(c3nc4ccccc4[nH]3)CC2)CN1CC(F)(F)F. The Labute approximate surface area is 165 Å². The number of nitrogens with one attached hydrogen (secondary N) is 1. The molecule has 0 bridgehead atoms. The maximum Gasteiger partial charge on any atom is 0.406 e. The molecule has 10 heteroatoms. The number of benzene rings is 1. The molecule has 1 aromatic carbocycles. The molecule has 4 rings (SSSR count). The van der Waals surface area contributed by atoms with Crippen molar-refractivity contribution in [1.82, 2.24) is 19.8 Å². The molecule has 0 radical (unpaired) electrons. The van der Waals surface area contributed by atoms with Crippen molar-refractivity contribution >= 4 is 28.8 Å². The number of para-hydroxylation sites is 2. The molecule has 1 aromatic heterocycles. The number of carbonyl (C=O) groups excluding carboxylic acids is 2. The second kappa shape index (κ2) is 7.57. The number of nitrogens with zero attached hydrogens (tertiary/aromatic N) is 4. The summed E-state index contributed by atoms with van der Waals surface area (Å²) in [5.74, 6) is -0.815. The predicted molar refractivity (Wildman–Crippen MR) is 100 cm³/mol. The van der Waals surface area contributed by atoms with Crippen molar-refractivity contribution in [2.75, 3.05) is 44.2 Å². The van der Waals surface area contributed by atoms with Gasteiger partial charge in [-0.05, 0) is 18.6 Å². The number of halogens is 3. The number of aromatic amines is 1. The average Bonchev–Trinajstić information content (AvgIpc) is 3.15. The predicted octanol–water partition coefficient (Wildman–Crippen LogP) is 2.01. The molecule has 2 aliphatic rings. The summed E-state index contributed by atoms with van der Waals surface area (Å²) >= 11 is 0. The topological polar surface area (TPSA) is 72.5 Å². The third-order valence-corrected chi connectivity index (χ3v) is 5.42. The van der Waals surface area contributed by atoms with Gasteiger partial charge in [0.05, 0.1) is 17.0 Å². The summed E-state index contributed by atoms with van der Waals surface area (Å²) in [5.41, 5.74) is 1.81. The van der Waals surface area contributed by atoms with Gasteiger partial charge in [0, 0.05) is 39.1 Å². The molecule has 3 heterocycles. The van der Waals surface area contributed by atoms with Gasteiger partial charge in [0.25, 0.3) is 0 Å². The van der Waals surface area contributed by atoms with Crippen LogP contribution < -0.4 is 4.90 Å².